The van der Waals surface area contributed by atoms with Crippen molar-refractivity contribution in [2.75, 3.05) is 31.5 Å². The van der Waals surface area contributed by atoms with E-state index in [1.54, 1.807) is 12.1 Å². The monoisotopic (exact) mass is 425 g/mol. The number of hydrogen-bond donors (Lipinski definition) is 1. The normalized spacial score (nSPS) is 14.1. The van der Waals surface area contributed by atoms with Crippen LogP contribution in [0, 0.1) is 22.5 Å². The summed E-state index contributed by atoms with van der Waals surface area (Å²) in [5.74, 6) is 4.18. The first-order chi connectivity index (χ1) is 13.8. The van der Waals surface area contributed by atoms with Crippen LogP contribution in [0.15, 0.2) is 34.5 Å². The number of nitrogens with zero attached hydrogens (tertiary/aromatic N) is 3. The number of benzene rings is 1. The predicted octanol–water partition coefficient (Wildman–Crippen LogP) is 4.03. The smallest absolute Gasteiger partial charge is 0.290 e. The summed E-state index contributed by atoms with van der Waals surface area (Å²) in [4.78, 5) is 18.6. The molecule has 0 aromatic heterocycles. The molecule has 1 aromatic rings. The lowest BCUT2D eigenvalue weighted by molar-refractivity contribution is -0.384. The molecule has 0 bridgehead atoms. The second kappa shape index (κ2) is 12.0. The summed E-state index contributed by atoms with van der Waals surface area (Å²) in [5.41, 5.74) is -0.230. The highest BCUT2D eigenvalue weighted by molar-refractivity contribution is 8.28. The fourth-order valence-electron chi connectivity index (χ4n) is 2.42. The molecule has 10 heteroatoms. The molecule has 0 unspecified atom stereocenters. The number of nitro benzene ring substituents is 1. The maximum absolute atomic E-state index is 10.6. The predicted molar refractivity (Wildman–Crippen MR) is 112 cm³/mol. The van der Waals surface area contributed by atoms with Crippen molar-refractivity contribution in [1.82, 2.24) is 0 Å². The van der Waals surface area contributed by atoms with Crippen molar-refractivity contribution in [3.05, 3.63) is 34.4 Å². The molecule has 1 heterocycles. The van der Waals surface area contributed by atoms with Gasteiger partial charge in [0.1, 0.15) is 5.75 Å². The van der Waals surface area contributed by atoms with Gasteiger partial charge in [0.05, 0.1) is 18.1 Å². The molecule has 160 valence electrons. The molecule has 0 atom stereocenters. The van der Waals surface area contributed by atoms with E-state index in [9.17, 15) is 10.1 Å². The number of carboxylic acid groups (broad SMARTS) is 1. The van der Waals surface area contributed by atoms with E-state index in [1.165, 1.54) is 12.1 Å². The highest BCUT2D eigenvalue weighted by atomic mass is 32.3. The van der Waals surface area contributed by atoms with Gasteiger partial charge < -0.3 is 14.0 Å². The van der Waals surface area contributed by atoms with Crippen molar-refractivity contribution in [3.63, 3.8) is 0 Å². The number of terminal acetylenes is 1. The first-order valence-corrected chi connectivity index (χ1v) is 11.5. The first kappa shape index (κ1) is 24.4. The van der Waals surface area contributed by atoms with Crippen molar-refractivity contribution in [3.8, 4) is 18.1 Å². The molecule has 29 heavy (non-hydrogen) atoms. The number of nitro groups is 1. The van der Waals surface area contributed by atoms with Gasteiger partial charge in [0.15, 0.2) is 5.66 Å². The molecule has 0 fully saturated rings. The molecule has 1 aliphatic rings. The molecule has 1 aromatic carbocycles. The molecule has 1 N–H and O–H groups in total. The number of non-ortho nitro benzene ring substituents is 1. The quantitative estimate of drug-likeness (QED) is 0.177. The summed E-state index contributed by atoms with van der Waals surface area (Å²) < 4.78 is 11.7. The van der Waals surface area contributed by atoms with Gasteiger partial charge in [-0.15, -0.1) is 22.7 Å². The Labute approximate surface area is 172 Å². The summed E-state index contributed by atoms with van der Waals surface area (Å²) >= 11 is 0. The Kier molecular flexibility index (Phi) is 10.1. The van der Waals surface area contributed by atoms with Gasteiger partial charge in [-0.2, -0.15) is 10.2 Å². The maximum atomic E-state index is 10.6. The topological polar surface area (TPSA) is 124 Å². The van der Waals surface area contributed by atoms with E-state index in [1.807, 2.05) is 0 Å². The maximum Gasteiger partial charge on any atom is 0.290 e. The molecule has 0 aliphatic carbocycles. The lowest BCUT2D eigenvalue weighted by Crippen LogP contribution is -2.16. The van der Waals surface area contributed by atoms with E-state index in [0.29, 0.717) is 25.4 Å². The van der Waals surface area contributed by atoms with Gasteiger partial charge in [-0.25, -0.2) is 0 Å². The Balaban J connectivity index is 0.00000132. The van der Waals surface area contributed by atoms with Crippen molar-refractivity contribution >= 4 is 22.5 Å². The standard InChI is InChI=1S/C18H25N3O4S.CH2O2/c1-4-5-11-18(19-20-18)12-14-25-26(2,3)15-6-13-24-17-9-7-16(8-10-17)21(22)23;2-1-3/h1,7-10H,5-6,11-15H2,2-3H3;1H,(H,2,3). The summed E-state index contributed by atoms with van der Waals surface area (Å²) in [6, 6.07) is 6.12. The average molecular weight is 426 g/mol. The molecular weight excluding hydrogens is 398 g/mol. The van der Waals surface area contributed by atoms with Crippen molar-refractivity contribution in [1.29, 1.82) is 0 Å². The third kappa shape index (κ3) is 9.91. The molecular formula is C19H27N3O6S. The Morgan fingerprint density at radius 2 is 1.90 bits per heavy atom. The lowest BCUT2D eigenvalue weighted by atomic mass is 10.1. The van der Waals surface area contributed by atoms with Crippen LogP contribution in [-0.4, -0.2) is 53.6 Å². The molecule has 0 radical (unpaired) electrons. The van der Waals surface area contributed by atoms with Crippen LogP contribution in [0.1, 0.15) is 25.7 Å². The number of hydrogen-bond acceptors (Lipinski definition) is 7. The summed E-state index contributed by atoms with van der Waals surface area (Å²) in [5, 5.41) is 25.7. The fourth-order valence-corrected chi connectivity index (χ4v) is 3.88. The van der Waals surface area contributed by atoms with Crippen LogP contribution >= 0.6 is 10.3 Å². The minimum atomic E-state index is -1.16. The van der Waals surface area contributed by atoms with Gasteiger partial charge in [0.25, 0.3) is 12.2 Å². The van der Waals surface area contributed by atoms with E-state index in [0.717, 1.165) is 25.0 Å². The zero-order valence-electron chi connectivity index (χ0n) is 16.7. The zero-order valence-corrected chi connectivity index (χ0v) is 17.5. The van der Waals surface area contributed by atoms with E-state index < -0.39 is 15.2 Å². The Morgan fingerprint density at radius 1 is 1.28 bits per heavy atom. The molecule has 0 saturated heterocycles. The zero-order chi connectivity index (χ0) is 21.8. The summed E-state index contributed by atoms with van der Waals surface area (Å²) in [7, 11) is -1.16. The fraction of sp³-hybridized carbons (Fsp3) is 0.526. The minimum absolute atomic E-state index is 0.0606. The van der Waals surface area contributed by atoms with E-state index >= 15 is 0 Å². The van der Waals surface area contributed by atoms with E-state index in [-0.39, 0.29) is 17.8 Å². The van der Waals surface area contributed by atoms with E-state index in [4.69, 9.17) is 25.2 Å². The van der Waals surface area contributed by atoms with Crippen molar-refractivity contribution < 1.29 is 23.7 Å². The highest BCUT2D eigenvalue weighted by Crippen LogP contribution is 2.44. The first-order valence-electron chi connectivity index (χ1n) is 8.95. The Bertz CT molecular complexity index is 724. The average Bonchev–Trinajstić information content (AvgIpc) is 3.44. The lowest BCUT2D eigenvalue weighted by Gasteiger charge is -2.31. The Morgan fingerprint density at radius 3 is 2.41 bits per heavy atom. The van der Waals surface area contributed by atoms with E-state index in [2.05, 4.69) is 28.7 Å². The van der Waals surface area contributed by atoms with Crippen molar-refractivity contribution in [2.45, 2.75) is 31.3 Å². The number of carbonyl (C=O) groups is 1. The summed E-state index contributed by atoms with van der Waals surface area (Å²) in [6.45, 7) is 0.928. The molecule has 9 nitrogen and oxygen atoms in total. The van der Waals surface area contributed by atoms with Crippen LogP contribution in [0.2, 0.25) is 0 Å². The van der Waals surface area contributed by atoms with Crippen LogP contribution in [0.4, 0.5) is 5.69 Å². The molecule has 0 amide bonds. The van der Waals surface area contributed by atoms with Crippen LogP contribution in [-0.2, 0) is 8.98 Å². The highest BCUT2D eigenvalue weighted by Gasteiger charge is 2.39. The number of rotatable bonds is 12. The van der Waals surface area contributed by atoms with Gasteiger partial charge >= 0.3 is 0 Å². The van der Waals surface area contributed by atoms with Crippen LogP contribution < -0.4 is 4.74 Å². The minimum Gasteiger partial charge on any atom is -0.494 e. The van der Waals surface area contributed by atoms with Crippen LogP contribution in [0.25, 0.3) is 0 Å². The van der Waals surface area contributed by atoms with Gasteiger partial charge in [0, 0.05) is 37.1 Å². The van der Waals surface area contributed by atoms with Gasteiger partial charge in [-0.3, -0.25) is 14.9 Å². The molecule has 1 aliphatic heterocycles. The van der Waals surface area contributed by atoms with Gasteiger partial charge in [-0.1, -0.05) is 0 Å². The largest absolute Gasteiger partial charge is 0.494 e. The van der Waals surface area contributed by atoms with Gasteiger partial charge in [-0.05, 0) is 31.1 Å². The molecule has 0 saturated carbocycles. The van der Waals surface area contributed by atoms with Crippen LogP contribution in [0.3, 0.4) is 0 Å². The number of ether oxygens (including phenoxy) is 1. The Hall–Kier alpha value is -2.64. The third-order valence-corrected chi connectivity index (χ3v) is 6.13. The van der Waals surface area contributed by atoms with Crippen molar-refractivity contribution in [2.24, 2.45) is 10.2 Å². The summed E-state index contributed by atoms with van der Waals surface area (Å²) in [6.07, 6.45) is 12.7. The SMILES string of the molecule is C#CCCC1(CCOS(C)(C)CCCOc2ccc([N+](=O)[O-])cc2)N=N1.O=CO. The molecule has 0 spiro atoms. The third-order valence-electron chi connectivity index (χ3n) is 4.05. The second-order valence-electron chi connectivity index (χ2n) is 6.66. The second-order valence-corrected chi connectivity index (χ2v) is 10.2. The molecule has 2 rings (SSSR count). The van der Waals surface area contributed by atoms with Gasteiger partial charge in [0.2, 0.25) is 0 Å². The van der Waals surface area contributed by atoms with Crippen LogP contribution in [0.5, 0.6) is 5.75 Å².